The van der Waals surface area contributed by atoms with Gasteiger partial charge < -0.3 is 18.9 Å². The van der Waals surface area contributed by atoms with Crippen LogP contribution in [0.1, 0.15) is 35.7 Å². The van der Waals surface area contributed by atoms with Crippen molar-refractivity contribution in [3.8, 4) is 0 Å². The summed E-state index contributed by atoms with van der Waals surface area (Å²) in [6.07, 6.45) is 1.44. The third kappa shape index (κ3) is 2.65. The molecule has 1 unspecified atom stereocenters. The van der Waals surface area contributed by atoms with Crippen molar-refractivity contribution in [2.24, 2.45) is 0 Å². The Morgan fingerprint density at radius 1 is 1.21 bits per heavy atom. The van der Waals surface area contributed by atoms with Crippen LogP contribution in [-0.4, -0.2) is 29.4 Å². The quantitative estimate of drug-likeness (QED) is 0.537. The molecule has 3 amide bonds. The number of urea groups is 1. The van der Waals surface area contributed by atoms with Crippen molar-refractivity contribution in [1.82, 2.24) is 10.2 Å². The first-order valence-electron chi connectivity index (χ1n) is 8.81. The van der Waals surface area contributed by atoms with Gasteiger partial charge in [0.1, 0.15) is 11.3 Å². The molecule has 1 atom stereocenters. The number of rotatable bonds is 5. The number of amides is 3. The number of benzene rings is 1. The van der Waals surface area contributed by atoms with E-state index in [1.54, 1.807) is 50.2 Å². The minimum absolute atomic E-state index is 0.0183. The molecule has 8 nitrogen and oxygen atoms in total. The van der Waals surface area contributed by atoms with Gasteiger partial charge in [0.15, 0.2) is 5.54 Å². The largest absolute Gasteiger partial charge is 0.466 e. The molecule has 8 heteroatoms. The smallest absolute Gasteiger partial charge is 0.374 e. The van der Waals surface area contributed by atoms with Crippen LogP contribution < -0.4 is 5.32 Å². The number of esters is 1. The number of carbonyl (C=O) groups is 3. The van der Waals surface area contributed by atoms with Crippen LogP contribution in [0.3, 0.4) is 0 Å². The van der Waals surface area contributed by atoms with Gasteiger partial charge in [-0.1, -0.05) is 18.2 Å². The maximum Gasteiger partial charge on any atom is 0.374 e. The van der Waals surface area contributed by atoms with Gasteiger partial charge in [0.05, 0.1) is 19.4 Å². The molecular formula is C20H18N2O6. The van der Waals surface area contributed by atoms with Crippen LogP contribution in [0.5, 0.6) is 0 Å². The van der Waals surface area contributed by atoms with E-state index in [4.69, 9.17) is 13.6 Å². The summed E-state index contributed by atoms with van der Waals surface area (Å²) in [6.45, 7) is 3.30. The van der Waals surface area contributed by atoms with E-state index in [1.807, 2.05) is 0 Å². The first-order valence-corrected chi connectivity index (χ1v) is 8.81. The zero-order valence-electron chi connectivity index (χ0n) is 15.4. The second kappa shape index (κ2) is 6.56. The van der Waals surface area contributed by atoms with Crippen LogP contribution in [-0.2, 0) is 21.6 Å². The Morgan fingerprint density at radius 2 is 2.00 bits per heavy atom. The number of nitrogens with zero attached hydrogens (tertiary/aromatic N) is 1. The predicted molar refractivity (Wildman–Crippen MR) is 97.3 cm³/mol. The first kappa shape index (κ1) is 17.8. The molecule has 28 heavy (non-hydrogen) atoms. The highest BCUT2D eigenvalue weighted by Gasteiger charge is 2.51. The van der Waals surface area contributed by atoms with E-state index in [2.05, 4.69) is 5.32 Å². The van der Waals surface area contributed by atoms with Gasteiger partial charge in [-0.05, 0) is 32.0 Å². The van der Waals surface area contributed by atoms with Crippen LogP contribution in [0.15, 0.2) is 51.5 Å². The van der Waals surface area contributed by atoms with Gasteiger partial charge in [-0.3, -0.25) is 9.69 Å². The molecule has 1 aliphatic heterocycles. The molecule has 0 aliphatic carbocycles. The molecule has 2 aromatic heterocycles. The summed E-state index contributed by atoms with van der Waals surface area (Å²) < 4.78 is 16.1. The number of imide groups is 1. The molecule has 144 valence electrons. The SMILES string of the molecule is CCOC(=O)c1oc2ccccc2c1CN1C(=O)NC(C)(c2ccco2)C1=O. The molecule has 3 aromatic rings. The van der Waals surface area contributed by atoms with E-state index < -0.39 is 23.4 Å². The highest BCUT2D eigenvalue weighted by atomic mass is 16.5. The molecule has 1 aromatic carbocycles. The van der Waals surface area contributed by atoms with Crippen molar-refractivity contribution >= 4 is 28.9 Å². The van der Waals surface area contributed by atoms with Gasteiger partial charge in [-0.15, -0.1) is 0 Å². The lowest BCUT2D eigenvalue weighted by Crippen LogP contribution is -2.40. The van der Waals surface area contributed by atoms with Crippen molar-refractivity contribution in [2.45, 2.75) is 25.9 Å². The second-order valence-corrected chi connectivity index (χ2v) is 6.55. The van der Waals surface area contributed by atoms with E-state index in [0.29, 0.717) is 22.3 Å². The molecule has 1 aliphatic rings. The zero-order chi connectivity index (χ0) is 19.9. The lowest BCUT2D eigenvalue weighted by atomic mass is 9.99. The highest BCUT2D eigenvalue weighted by molar-refractivity contribution is 6.07. The minimum Gasteiger partial charge on any atom is -0.466 e. The van der Waals surface area contributed by atoms with Crippen molar-refractivity contribution in [3.05, 3.63) is 59.7 Å². The molecule has 1 N–H and O–H groups in total. The predicted octanol–water partition coefficient (Wildman–Crippen LogP) is 3.17. The lowest BCUT2D eigenvalue weighted by Gasteiger charge is -2.19. The summed E-state index contributed by atoms with van der Waals surface area (Å²) in [5.74, 6) is -0.812. The summed E-state index contributed by atoms with van der Waals surface area (Å²) in [7, 11) is 0. The normalized spacial score (nSPS) is 19.3. The van der Waals surface area contributed by atoms with E-state index in [9.17, 15) is 14.4 Å². The van der Waals surface area contributed by atoms with Crippen molar-refractivity contribution in [2.75, 3.05) is 6.61 Å². The van der Waals surface area contributed by atoms with Crippen molar-refractivity contribution < 1.29 is 28.0 Å². The molecule has 1 fully saturated rings. The van der Waals surface area contributed by atoms with E-state index in [-0.39, 0.29) is 18.9 Å². The van der Waals surface area contributed by atoms with Gasteiger partial charge in [0, 0.05) is 10.9 Å². The molecule has 0 spiro atoms. The first-order chi connectivity index (χ1) is 13.5. The van der Waals surface area contributed by atoms with Crippen molar-refractivity contribution in [3.63, 3.8) is 0 Å². The van der Waals surface area contributed by atoms with Crippen LogP contribution in [0.4, 0.5) is 4.79 Å². The Labute approximate surface area is 160 Å². The summed E-state index contributed by atoms with van der Waals surface area (Å²) in [5, 5.41) is 3.30. The van der Waals surface area contributed by atoms with Crippen LogP contribution in [0.2, 0.25) is 0 Å². The molecular weight excluding hydrogens is 364 g/mol. The Morgan fingerprint density at radius 3 is 2.71 bits per heavy atom. The molecule has 1 saturated heterocycles. The summed E-state index contributed by atoms with van der Waals surface area (Å²) in [6, 6.07) is 9.72. The number of fused-ring (bicyclic) bond motifs is 1. The number of carbonyl (C=O) groups excluding carboxylic acids is 3. The van der Waals surface area contributed by atoms with Gasteiger partial charge in [0.2, 0.25) is 5.76 Å². The fourth-order valence-corrected chi connectivity index (χ4v) is 3.35. The topological polar surface area (TPSA) is 102 Å². The minimum atomic E-state index is -1.32. The highest BCUT2D eigenvalue weighted by Crippen LogP contribution is 2.33. The monoisotopic (exact) mass is 382 g/mol. The number of ether oxygens (including phenoxy) is 1. The van der Waals surface area contributed by atoms with Gasteiger partial charge in [-0.25, -0.2) is 9.59 Å². The average molecular weight is 382 g/mol. The summed E-state index contributed by atoms with van der Waals surface area (Å²) in [5.41, 5.74) is -0.424. The third-order valence-electron chi connectivity index (χ3n) is 4.76. The Kier molecular flexibility index (Phi) is 4.18. The van der Waals surface area contributed by atoms with Crippen LogP contribution >= 0.6 is 0 Å². The van der Waals surface area contributed by atoms with Crippen molar-refractivity contribution in [1.29, 1.82) is 0 Å². The second-order valence-electron chi connectivity index (χ2n) is 6.55. The van der Waals surface area contributed by atoms with Gasteiger partial charge >= 0.3 is 12.0 Å². The standard InChI is InChI=1S/C20H18N2O6/c1-3-26-17(23)16-13(12-7-4-5-8-14(12)28-16)11-22-18(24)20(2,21-19(22)25)15-9-6-10-27-15/h4-10H,3,11H2,1-2H3,(H,21,25). The van der Waals surface area contributed by atoms with E-state index >= 15 is 0 Å². The van der Waals surface area contributed by atoms with E-state index in [0.717, 1.165) is 4.90 Å². The fraction of sp³-hybridized carbons (Fsp3) is 0.250. The number of hydrogen-bond donors (Lipinski definition) is 1. The maximum atomic E-state index is 13.0. The summed E-state index contributed by atoms with van der Waals surface area (Å²) in [4.78, 5) is 39.0. The fourth-order valence-electron chi connectivity index (χ4n) is 3.35. The maximum absolute atomic E-state index is 13.0. The Bertz CT molecular complexity index is 1070. The Balaban J connectivity index is 1.74. The zero-order valence-corrected chi connectivity index (χ0v) is 15.4. The van der Waals surface area contributed by atoms with Gasteiger partial charge in [-0.2, -0.15) is 0 Å². The lowest BCUT2D eigenvalue weighted by molar-refractivity contribution is -0.132. The van der Waals surface area contributed by atoms with Crippen LogP contribution in [0.25, 0.3) is 11.0 Å². The molecule has 3 heterocycles. The van der Waals surface area contributed by atoms with Crippen LogP contribution in [0, 0.1) is 0 Å². The number of nitrogens with one attached hydrogen (secondary N) is 1. The molecule has 0 saturated carbocycles. The molecule has 0 bridgehead atoms. The number of para-hydroxylation sites is 1. The number of hydrogen-bond acceptors (Lipinski definition) is 6. The Hall–Kier alpha value is -3.55. The third-order valence-corrected chi connectivity index (χ3v) is 4.76. The van der Waals surface area contributed by atoms with Gasteiger partial charge in [0.25, 0.3) is 5.91 Å². The molecule has 4 rings (SSSR count). The average Bonchev–Trinajstić information content (AvgIpc) is 3.38. The summed E-state index contributed by atoms with van der Waals surface area (Å²) >= 11 is 0. The molecule has 0 radical (unpaired) electrons. The van der Waals surface area contributed by atoms with E-state index in [1.165, 1.54) is 6.26 Å². The number of furan rings is 2.